The van der Waals surface area contributed by atoms with Gasteiger partial charge in [-0.2, -0.15) is 5.26 Å². The molecule has 2 aromatic heterocycles. The van der Waals surface area contributed by atoms with E-state index in [2.05, 4.69) is 21.2 Å². The number of aromatic nitrogens is 2. The summed E-state index contributed by atoms with van der Waals surface area (Å²) in [7, 11) is 3.87. The van der Waals surface area contributed by atoms with E-state index in [4.69, 9.17) is 38.4 Å². The van der Waals surface area contributed by atoms with Crippen LogP contribution in [0.15, 0.2) is 58.9 Å². The minimum Gasteiger partial charge on any atom is -0.490 e. The predicted octanol–water partition coefficient (Wildman–Crippen LogP) is 7.43. The summed E-state index contributed by atoms with van der Waals surface area (Å²) in [5.74, 6) is 0.185. The lowest BCUT2D eigenvalue weighted by Crippen LogP contribution is -2.37. The van der Waals surface area contributed by atoms with Gasteiger partial charge in [0.25, 0.3) is 0 Å². The summed E-state index contributed by atoms with van der Waals surface area (Å²) in [5.41, 5.74) is 8.76. The van der Waals surface area contributed by atoms with Crippen molar-refractivity contribution < 1.29 is 19.1 Å². The number of thioether (sulfide) groups is 1. The second-order valence-corrected chi connectivity index (χ2v) is 14.1. The number of halogens is 1. The van der Waals surface area contributed by atoms with Gasteiger partial charge in [-0.1, -0.05) is 61.5 Å². The number of nitrogens with one attached hydrogen (secondary N) is 1. The highest BCUT2D eigenvalue weighted by Crippen LogP contribution is 2.43. The van der Waals surface area contributed by atoms with Crippen molar-refractivity contribution in [2.24, 2.45) is 11.7 Å². The van der Waals surface area contributed by atoms with Gasteiger partial charge in [-0.3, -0.25) is 9.59 Å². The van der Waals surface area contributed by atoms with E-state index < -0.39 is 12.0 Å². The minimum absolute atomic E-state index is 0.0319. The average Bonchev–Trinajstić information content (AvgIpc) is 3.57. The van der Waals surface area contributed by atoms with Crippen LogP contribution in [0.5, 0.6) is 5.75 Å². The van der Waals surface area contributed by atoms with Gasteiger partial charge in [-0.15, -0.1) is 11.3 Å². The minimum atomic E-state index is -0.704. The molecular formula is C36H38ClN7O4S2. The molecule has 14 heteroatoms. The molecular weight excluding hydrogens is 694 g/mol. The average molecular weight is 732 g/mol. The Balaban J connectivity index is 1.60. The van der Waals surface area contributed by atoms with Gasteiger partial charge in [0.1, 0.15) is 46.9 Å². The maximum Gasteiger partial charge on any atom is 0.323 e. The number of esters is 1. The molecule has 2 aromatic carbocycles. The zero-order valence-electron chi connectivity index (χ0n) is 28.2. The molecule has 0 spiro atoms. The predicted molar refractivity (Wildman–Crippen MR) is 198 cm³/mol. The number of thiazole rings is 1. The molecule has 0 aliphatic rings. The van der Waals surface area contributed by atoms with E-state index in [-0.39, 0.29) is 48.5 Å². The lowest BCUT2D eigenvalue weighted by atomic mass is 9.99. The zero-order valence-corrected chi connectivity index (χ0v) is 30.6. The number of nitrogens with two attached hydrogens (primary N) is 1. The number of carbonyl (C=O) groups is 2. The molecule has 0 fully saturated rings. The van der Waals surface area contributed by atoms with Crippen molar-refractivity contribution in [2.75, 3.05) is 39.2 Å². The van der Waals surface area contributed by atoms with Gasteiger partial charge in [0.15, 0.2) is 0 Å². The number of nitriles is 1. The molecule has 0 saturated carbocycles. The summed E-state index contributed by atoms with van der Waals surface area (Å²) in [6.45, 7) is 12.6. The van der Waals surface area contributed by atoms with Gasteiger partial charge >= 0.3 is 5.97 Å². The first-order chi connectivity index (χ1) is 24.0. The van der Waals surface area contributed by atoms with E-state index in [0.29, 0.717) is 39.1 Å². The number of amides is 1. The number of rotatable bonds is 16. The number of carbonyl (C=O) groups excluding carboxylic acids is 2. The van der Waals surface area contributed by atoms with Crippen LogP contribution in [0, 0.1) is 23.8 Å². The van der Waals surface area contributed by atoms with E-state index in [0.717, 1.165) is 22.8 Å². The lowest BCUT2D eigenvalue weighted by molar-refractivity contribution is -0.147. The van der Waals surface area contributed by atoms with Crippen molar-refractivity contribution >= 4 is 58.1 Å². The Morgan fingerprint density at radius 2 is 1.82 bits per heavy atom. The zero-order chi connectivity index (χ0) is 36.2. The van der Waals surface area contributed by atoms with Crippen molar-refractivity contribution in [3.05, 3.63) is 81.6 Å². The molecule has 1 amide bonds. The number of hydrogen-bond donors (Lipinski definition) is 2. The van der Waals surface area contributed by atoms with E-state index in [1.54, 1.807) is 24.3 Å². The molecule has 260 valence electrons. The molecule has 0 radical (unpaired) electrons. The third-order valence-electron chi connectivity index (χ3n) is 7.36. The summed E-state index contributed by atoms with van der Waals surface area (Å²) in [5, 5.41) is 17.0. The Morgan fingerprint density at radius 3 is 2.46 bits per heavy atom. The Labute approximate surface area is 305 Å². The molecule has 1 atom stereocenters. The number of pyridine rings is 1. The smallest absolute Gasteiger partial charge is 0.323 e. The van der Waals surface area contributed by atoms with Crippen LogP contribution in [0.25, 0.3) is 26.5 Å². The van der Waals surface area contributed by atoms with Crippen molar-refractivity contribution in [1.82, 2.24) is 14.9 Å². The van der Waals surface area contributed by atoms with Crippen molar-refractivity contribution in [3.8, 4) is 33.5 Å². The van der Waals surface area contributed by atoms with Crippen LogP contribution >= 0.6 is 34.7 Å². The normalized spacial score (nSPS) is 11.6. The standard InChI is InChI=1S/C36H38ClN7O4S2/c1-22(2)31(39)36(46)48-18-17-47-27-14-10-23(11-15-27)30-28(19-38)35(43-33(32(30)40-3)42-29(45)7-6-16-44(4)5)50-21-26-20-49-34(41-26)24-8-12-25(37)13-9-24/h8-15,20,22,31H,6-7,16-18,21,39H2,1-2,4-5H3,(H,42,43,45)/t31-/m0/s1. The SMILES string of the molecule is [C-]#[N+]c1c(NC(=O)CCCN(C)C)nc(SCc2csc(-c3ccc(Cl)cc3)n2)c(C#N)c1-c1ccc(OCCOC(=O)[C@@H](N)C(C)C)cc1. The third-order valence-corrected chi connectivity index (χ3v) is 9.56. The van der Waals surface area contributed by atoms with E-state index in [1.807, 2.05) is 62.5 Å². The fourth-order valence-corrected chi connectivity index (χ4v) is 6.56. The molecule has 0 saturated heterocycles. The maximum absolute atomic E-state index is 13.0. The monoisotopic (exact) mass is 731 g/mol. The Kier molecular flexibility index (Phi) is 14.2. The molecule has 11 nitrogen and oxygen atoms in total. The van der Waals surface area contributed by atoms with Crippen molar-refractivity contribution in [1.29, 1.82) is 5.26 Å². The Hall–Kier alpha value is -4.50. The van der Waals surface area contributed by atoms with Crippen LogP contribution < -0.4 is 15.8 Å². The van der Waals surface area contributed by atoms with Gasteiger partial charge in [0.2, 0.25) is 11.6 Å². The van der Waals surface area contributed by atoms with Gasteiger partial charge in [0, 0.05) is 33.7 Å². The van der Waals surface area contributed by atoms with Crippen LogP contribution in [0.2, 0.25) is 5.02 Å². The van der Waals surface area contributed by atoms with Crippen molar-refractivity contribution in [2.45, 2.75) is 43.5 Å². The highest BCUT2D eigenvalue weighted by Gasteiger charge is 2.24. The molecule has 2 heterocycles. The number of hydrogen-bond acceptors (Lipinski definition) is 11. The van der Waals surface area contributed by atoms with Crippen LogP contribution in [-0.2, 0) is 20.1 Å². The van der Waals surface area contributed by atoms with E-state index in [9.17, 15) is 14.9 Å². The molecule has 0 aliphatic carbocycles. The van der Waals surface area contributed by atoms with Gasteiger partial charge in [-0.25, -0.2) is 14.8 Å². The largest absolute Gasteiger partial charge is 0.490 e. The molecule has 0 bridgehead atoms. The van der Waals surface area contributed by atoms with Gasteiger partial charge in [-0.05, 0) is 62.8 Å². The number of ether oxygens (including phenoxy) is 2. The first kappa shape index (κ1) is 38.3. The first-order valence-electron chi connectivity index (χ1n) is 15.8. The van der Waals surface area contributed by atoms with Gasteiger partial charge < -0.3 is 25.4 Å². The van der Waals surface area contributed by atoms with Crippen LogP contribution in [0.4, 0.5) is 11.5 Å². The third kappa shape index (κ3) is 10.5. The summed E-state index contributed by atoms with van der Waals surface area (Å²) in [6.07, 6.45) is 0.869. The summed E-state index contributed by atoms with van der Waals surface area (Å²) in [4.78, 5) is 40.1. The number of benzene rings is 2. The summed E-state index contributed by atoms with van der Waals surface area (Å²) >= 11 is 8.85. The van der Waals surface area contributed by atoms with Crippen LogP contribution in [0.1, 0.15) is 37.9 Å². The van der Waals surface area contributed by atoms with Gasteiger partial charge in [0.05, 0.1) is 17.8 Å². The quantitative estimate of drug-likeness (QED) is 0.0516. The molecule has 3 N–H and O–H groups in total. The van der Waals surface area contributed by atoms with Crippen LogP contribution in [0.3, 0.4) is 0 Å². The van der Waals surface area contributed by atoms with Crippen molar-refractivity contribution in [3.63, 3.8) is 0 Å². The number of anilines is 1. The lowest BCUT2D eigenvalue weighted by Gasteiger charge is -2.16. The second kappa shape index (κ2) is 18.5. The molecule has 0 aliphatic heterocycles. The van der Waals surface area contributed by atoms with E-state index in [1.165, 1.54) is 23.1 Å². The maximum atomic E-state index is 13.0. The van der Waals surface area contributed by atoms with Crippen LogP contribution in [-0.4, -0.2) is 66.6 Å². The fourth-order valence-electron chi connectivity index (χ4n) is 4.62. The highest BCUT2D eigenvalue weighted by atomic mass is 35.5. The topological polar surface area (TPSA) is 148 Å². The molecule has 0 unspecified atom stereocenters. The number of nitrogens with zero attached hydrogens (tertiary/aromatic N) is 5. The second-order valence-electron chi connectivity index (χ2n) is 11.8. The molecule has 4 aromatic rings. The van der Waals surface area contributed by atoms with E-state index >= 15 is 0 Å². The first-order valence-corrected chi connectivity index (χ1v) is 18.0. The summed E-state index contributed by atoms with van der Waals surface area (Å²) in [6, 6.07) is 15.9. The highest BCUT2D eigenvalue weighted by molar-refractivity contribution is 7.98. The Morgan fingerprint density at radius 1 is 1.12 bits per heavy atom. The summed E-state index contributed by atoms with van der Waals surface area (Å²) < 4.78 is 11.0. The molecule has 50 heavy (non-hydrogen) atoms. The molecule has 4 rings (SSSR count). The Bertz CT molecular complexity index is 1870. The fraction of sp³-hybridized carbons (Fsp3) is 0.333.